The number of carbonyl (C=O) groups is 2. The average molecular weight is 294 g/mol. The summed E-state index contributed by atoms with van der Waals surface area (Å²) in [6.07, 6.45) is 17.7. The second-order valence-electron chi connectivity index (χ2n) is 5.34. The van der Waals surface area contributed by atoms with Crippen molar-refractivity contribution in [1.82, 2.24) is 0 Å². The molecule has 0 unspecified atom stereocenters. The Morgan fingerprint density at radius 3 is 2.00 bits per heavy atom. The fourth-order valence-electron chi connectivity index (χ4n) is 1.98. The Morgan fingerprint density at radius 1 is 0.762 bits per heavy atom. The van der Waals surface area contributed by atoms with Crippen LogP contribution in [0.25, 0.3) is 0 Å². The maximum absolute atomic E-state index is 11.5. The van der Waals surface area contributed by atoms with Crippen molar-refractivity contribution >= 4 is 11.8 Å². The van der Waals surface area contributed by atoms with E-state index in [2.05, 4.69) is 25.2 Å². The summed E-state index contributed by atoms with van der Waals surface area (Å²) in [5, 5.41) is 8.48. The van der Waals surface area contributed by atoms with E-state index < -0.39 is 5.97 Å². The fourth-order valence-corrected chi connectivity index (χ4v) is 1.98. The van der Waals surface area contributed by atoms with Gasteiger partial charge in [-0.15, -0.1) is 0 Å². The molecule has 0 fully saturated rings. The molecule has 0 aliphatic heterocycles. The van der Waals surface area contributed by atoms with Gasteiger partial charge in [0.05, 0.1) is 0 Å². The minimum atomic E-state index is -0.726. The van der Waals surface area contributed by atoms with Gasteiger partial charge in [0, 0.05) is 19.3 Å². The second-order valence-corrected chi connectivity index (χ2v) is 5.34. The highest BCUT2D eigenvalue weighted by Gasteiger charge is 1.99. The first-order chi connectivity index (χ1) is 10.2. The van der Waals surface area contributed by atoms with Gasteiger partial charge >= 0.3 is 5.97 Å². The molecule has 0 rings (SSSR count). The summed E-state index contributed by atoms with van der Waals surface area (Å²) in [4.78, 5) is 21.8. The Kier molecular flexibility index (Phi) is 14.0. The summed E-state index contributed by atoms with van der Waals surface area (Å²) in [6.45, 7) is 2.15. The zero-order chi connectivity index (χ0) is 15.8. The van der Waals surface area contributed by atoms with Crippen molar-refractivity contribution in [2.24, 2.45) is 0 Å². The third-order valence-corrected chi connectivity index (χ3v) is 3.24. The van der Waals surface area contributed by atoms with Crippen LogP contribution >= 0.6 is 0 Å². The summed E-state index contributed by atoms with van der Waals surface area (Å²) in [6, 6.07) is 0. The average Bonchev–Trinajstić information content (AvgIpc) is 2.44. The summed E-state index contributed by atoms with van der Waals surface area (Å²) in [5.41, 5.74) is 0. The van der Waals surface area contributed by atoms with E-state index in [1.54, 1.807) is 0 Å². The molecule has 0 heterocycles. The number of unbranched alkanes of at least 4 members (excludes halogenated alkanes) is 4. The zero-order valence-corrected chi connectivity index (χ0v) is 13.4. The van der Waals surface area contributed by atoms with Gasteiger partial charge in [0.2, 0.25) is 0 Å². The van der Waals surface area contributed by atoms with E-state index in [0.29, 0.717) is 18.6 Å². The Bertz CT molecular complexity index is 329. The molecule has 0 radical (unpaired) electrons. The van der Waals surface area contributed by atoms with Crippen LogP contribution in [0.15, 0.2) is 24.3 Å². The number of aliphatic carboxylic acids is 1. The fraction of sp³-hybridized carbons (Fsp3) is 0.667. The lowest BCUT2D eigenvalue weighted by molar-refractivity contribution is -0.137. The zero-order valence-electron chi connectivity index (χ0n) is 13.4. The maximum Gasteiger partial charge on any atom is 0.303 e. The van der Waals surface area contributed by atoms with E-state index in [0.717, 1.165) is 51.4 Å². The smallest absolute Gasteiger partial charge is 0.303 e. The maximum atomic E-state index is 11.5. The highest BCUT2D eigenvalue weighted by atomic mass is 16.4. The number of carboxylic acids is 1. The van der Waals surface area contributed by atoms with Crippen LogP contribution in [0, 0.1) is 0 Å². The number of ketones is 1. The normalized spacial score (nSPS) is 11.5. The Balaban J connectivity index is 3.37. The molecule has 0 aromatic carbocycles. The lowest BCUT2D eigenvalue weighted by atomic mass is 10.1. The Labute approximate surface area is 129 Å². The number of carboxylic acid groups (broad SMARTS) is 1. The number of Topliss-reactive ketones (excluding diaryl/α,β-unsaturated/α-hetero) is 1. The molecule has 3 heteroatoms. The summed E-state index contributed by atoms with van der Waals surface area (Å²) in [5.74, 6) is -0.345. The van der Waals surface area contributed by atoms with Crippen LogP contribution in [0.3, 0.4) is 0 Å². The number of hydrogen-bond donors (Lipinski definition) is 1. The van der Waals surface area contributed by atoms with E-state index in [-0.39, 0.29) is 6.42 Å². The number of hydrogen-bond acceptors (Lipinski definition) is 2. The molecule has 0 amide bonds. The first-order valence-corrected chi connectivity index (χ1v) is 8.20. The molecule has 0 atom stereocenters. The molecule has 0 aliphatic rings. The van der Waals surface area contributed by atoms with Gasteiger partial charge in [-0.1, -0.05) is 44.1 Å². The van der Waals surface area contributed by atoms with Crippen molar-refractivity contribution in [3.63, 3.8) is 0 Å². The molecule has 1 N–H and O–H groups in total. The molecular weight excluding hydrogens is 264 g/mol. The van der Waals surface area contributed by atoms with Crippen molar-refractivity contribution in [3.05, 3.63) is 24.3 Å². The van der Waals surface area contributed by atoms with E-state index in [9.17, 15) is 9.59 Å². The van der Waals surface area contributed by atoms with Crippen LogP contribution in [-0.4, -0.2) is 16.9 Å². The lowest BCUT2D eigenvalue weighted by Gasteiger charge is -1.97. The van der Waals surface area contributed by atoms with Gasteiger partial charge in [-0.3, -0.25) is 9.59 Å². The van der Waals surface area contributed by atoms with Crippen LogP contribution in [0.2, 0.25) is 0 Å². The Hall–Kier alpha value is -1.38. The van der Waals surface area contributed by atoms with Gasteiger partial charge in [0.1, 0.15) is 5.78 Å². The standard InChI is InChI=1S/C18H30O3/c1-2-3-11-14-17(19)15-12-9-7-5-4-6-8-10-13-16-18(20)21/h6-9H,2-5,10-16H2,1H3,(H,20,21)/b8-6-,9-7-. The highest BCUT2D eigenvalue weighted by Crippen LogP contribution is 2.05. The predicted octanol–water partition coefficient (Wildman–Crippen LogP) is 5.06. The summed E-state index contributed by atoms with van der Waals surface area (Å²) in [7, 11) is 0. The first kappa shape index (κ1) is 19.6. The summed E-state index contributed by atoms with van der Waals surface area (Å²) >= 11 is 0. The molecule has 0 aromatic heterocycles. The minimum absolute atomic E-state index is 0.247. The molecule has 21 heavy (non-hydrogen) atoms. The van der Waals surface area contributed by atoms with Crippen LogP contribution in [-0.2, 0) is 9.59 Å². The summed E-state index contributed by atoms with van der Waals surface area (Å²) < 4.78 is 0. The van der Waals surface area contributed by atoms with E-state index in [1.165, 1.54) is 0 Å². The minimum Gasteiger partial charge on any atom is -0.481 e. The van der Waals surface area contributed by atoms with E-state index in [1.807, 2.05) is 6.08 Å². The first-order valence-electron chi connectivity index (χ1n) is 8.20. The molecule has 0 saturated carbocycles. The SMILES string of the molecule is CCCCCC(=O)CC/C=C\CC/C=C\CCCC(=O)O. The van der Waals surface area contributed by atoms with Crippen molar-refractivity contribution in [1.29, 1.82) is 0 Å². The molecule has 0 aromatic rings. The van der Waals surface area contributed by atoms with Crippen LogP contribution in [0.1, 0.15) is 77.6 Å². The molecule has 120 valence electrons. The third-order valence-electron chi connectivity index (χ3n) is 3.24. The number of carbonyl (C=O) groups excluding carboxylic acids is 1. The van der Waals surface area contributed by atoms with Gasteiger partial charge < -0.3 is 5.11 Å². The Morgan fingerprint density at radius 2 is 1.38 bits per heavy atom. The largest absolute Gasteiger partial charge is 0.481 e. The van der Waals surface area contributed by atoms with Gasteiger partial charge in [0.15, 0.2) is 0 Å². The quantitative estimate of drug-likeness (QED) is 0.360. The van der Waals surface area contributed by atoms with Gasteiger partial charge in [0.25, 0.3) is 0 Å². The molecule has 0 bridgehead atoms. The number of rotatable bonds is 14. The molecule has 0 spiro atoms. The highest BCUT2D eigenvalue weighted by molar-refractivity contribution is 5.78. The van der Waals surface area contributed by atoms with Crippen LogP contribution in [0.4, 0.5) is 0 Å². The van der Waals surface area contributed by atoms with Gasteiger partial charge in [-0.05, 0) is 38.5 Å². The topological polar surface area (TPSA) is 54.4 Å². The number of allylic oxidation sites excluding steroid dienone is 4. The second kappa shape index (κ2) is 15.0. The lowest BCUT2D eigenvalue weighted by Crippen LogP contribution is -1.96. The van der Waals surface area contributed by atoms with Crippen molar-refractivity contribution in [2.75, 3.05) is 0 Å². The van der Waals surface area contributed by atoms with Crippen molar-refractivity contribution in [3.8, 4) is 0 Å². The van der Waals surface area contributed by atoms with Crippen molar-refractivity contribution in [2.45, 2.75) is 77.6 Å². The van der Waals surface area contributed by atoms with Crippen LogP contribution < -0.4 is 0 Å². The molecule has 0 aliphatic carbocycles. The van der Waals surface area contributed by atoms with E-state index in [4.69, 9.17) is 5.11 Å². The predicted molar refractivity (Wildman–Crippen MR) is 87.4 cm³/mol. The molecule has 3 nitrogen and oxygen atoms in total. The molecular formula is C18H30O3. The third kappa shape index (κ3) is 16.6. The van der Waals surface area contributed by atoms with E-state index >= 15 is 0 Å². The monoisotopic (exact) mass is 294 g/mol. The van der Waals surface area contributed by atoms with Crippen molar-refractivity contribution < 1.29 is 14.7 Å². The van der Waals surface area contributed by atoms with Gasteiger partial charge in [-0.2, -0.15) is 0 Å². The van der Waals surface area contributed by atoms with Gasteiger partial charge in [-0.25, -0.2) is 0 Å². The molecule has 0 saturated heterocycles. The van der Waals surface area contributed by atoms with Crippen LogP contribution in [0.5, 0.6) is 0 Å².